The van der Waals surface area contributed by atoms with Gasteiger partial charge < -0.3 is 20.0 Å². The van der Waals surface area contributed by atoms with E-state index in [0.29, 0.717) is 23.7 Å². The van der Waals surface area contributed by atoms with Gasteiger partial charge in [0.1, 0.15) is 30.2 Å². The van der Waals surface area contributed by atoms with Crippen molar-refractivity contribution in [2.45, 2.75) is 50.5 Å². The van der Waals surface area contributed by atoms with Gasteiger partial charge in [-0.15, -0.1) is 0 Å². The summed E-state index contributed by atoms with van der Waals surface area (Å²) in [5.74, 6) is -6.47. The third-order valence-corrected chi connectivity index (χ3v) is 10.1. The Kier molecular flexibility index (Phi) is 10.3. The van der Waals surface area contributed by atoms with Gasteiger partial charge in [0.2, 0.25) is 0 Å². The van der Waals surface area contributed by atoms with Crippen LogP contribution in [0.25, 0.3) is 16.8 Å². The zero-order chi connectivity index (χ0) is 38.9. The second-order valence-electron chi connectivity index (χ2n) is 13.5. The molecule has 12 nitrogen and oxygen atoms in total. The van der Waals surface area contributed by atoms with E-state index >= 15 is 8.78 Å². The number of benzene rings is 3. The molecule has 0 spiro atoms. The zero-order valence-corrected chi connectivity index (χ0v) is 30.1. The first kappa shape index (κ1) is 37.4. The number of hydrogen-bond acceptors (Lipinski definition) is 9. The summed E-state index contributed by atoms with van der Waals surface area (Å²) in [5.41, 5.74) is -1.18. The Labute approximate surface area is 313 Å². The molecule has 1 aliphatic heterocycles. The molecule has 16 heteroatoms. The first-order chi connectivity index (χ1) is 26.4. The van der Waals surface area contributed by atoms with Gasteiger partial charge in [0.25, 0.3) is 0 Å². The maximum absolute atomic E-state index is 16.2. The first-order valence-electron chi connectivity index (χ1n) is 17.8. The standard InChI is InChI=1S/C39H39F4N9O3/c1-3-35(26(2)53)52-37(54)50(25-47-52)32-12-10-31(11-13-32)49-20-18-48(19-21-49)30-8-4-27(5-9-30)28-6-15-36(44-23-28)39(42,43)38(55,24-51-45-16-17-46-51)33-14-7-29(40)22-34(33)41/h4-17,22-23,25-26,35,53,55H,3,18-21,24H2,1-2H3/t26-,35-,38?/m0/s1. The fourth-order valence-electron chi connectivity index (χ4n) is 7.02. The van der Waals surface area contributed by atoms with Crippen LogP contribution in [0.15, 0.2) is 109 Å². The van der Waals surface area contributed by atoms with Crippen LogP contribution in [0, 0.1) is 11.6 Å². The average molecular weight is 758 g/mol. The highest BCUT2D eigenvalue weighted by molar-refractivity contribution is 5.66. The van der Waals surface area contributed by atoms with Crippen LogP contribution < -0.4 is 15.5 Å². The van der Waals surface area contributed by atoms with Crippen molar-refractivity contribution in [3.05, 3.63) is 137 Å². The van der Waals surface area contributed by atoms with E-state index in [-0.39, 0.29) is 5.69 Å². The number of nitrogens with zero attached hydrogens (tertiary/aromatic N) is 9. The van der Waals surface area contributed by atoms with Crippen LogP contribution >= 0.6 is 0 Å². The molecule has 3 aromatic heterocycles. The minimum Gasteiger partial charge on any atom is -0.391 e. The normalized spacial score (nSPS) is 15.9. The van der Waals surface area contributed by atoms with Crippen LogP contribution in [0.4, 0.5) is 28.9 Å². The molecule has 0 amide bonds. The molecule has 0 radical (unpaired) electrons. The van der Waals surface area contributed by atoms with E-state index in [1.54, 1.807) is 6.92 Å². The number of aliphatic hydroxyl groups is 2. The Bertz CT molecular complexity index is 2270. The maximum atomic E-state index is 16.2. The molecule has 1 saturated heterocycles. The SMILES string of the molecule is CC[C@@H]([C@H](C)O)n1ncn(-c2ccc(N3CCN(c4ccc(-c5ccc(C(F)(F)C(O)(Cn6nccn6)c6ccc(F)cc6F)nc5)cc4)CC3)cc2)c1=O. The smallest absolute Gasteiger partial charge is 0.350 e. The van der Waals surface area contributed by atoms with Crippen LogP contribution in [0.5, 0.6) is 0 Å². The Balaban J connectivity index is 1.00. The molecule has 0 aliphatic carbocycles. The molecule has 2 N–H and O–H groups in total. The fourth-order valence-corrected chi connectivity index (χ4v) is 7.02. The predicted octanol–water partition coefficient (Wildman–Crippen LogP) is 5.30. The summed E-state index contributed by atoms with van der Waals surface area (Å²) in [6.45, 7) is 5.64. The lowest BCUT2D eigenvalue weighted by atomic mass is 9.84. The Morgan fingerprint density at radius 2 is 1.38 bits per heavy atom. The lowest BCUT2D eigenvalue weighted by Gasteiger charge is -2.37. The van der Waals surface area contributed by atoms with Crippen molar-refractivity contribution in [3.63, 3.8) is 0 Å². The first-order valence-corrected chi connectivity index (χ1v) is 17.8. The molecule has 0 bridgehead atoms. The second kappa shape index (κ2) is 15.1. The Morgan fingerprint density at radius 1 is 0.800 bits per heavy atom. The fraction of sp³-hybridized carbons (Fsp3) is 0.308. The van der Waals surface area contributed by atoms with E-state index in [2.05, 4.69) is 30.1 Å². The lowest BCUT2D eigenvalue weighted by Crippen LogP contribution is -2.48. The zero-order valence-electron chi connectivity index (χ0n) is 30.1. The quantitative estimate of drug-likeness (QED) is 0.160. The molecular formula is C39H39F4N9O3. The Morgan fingerprint density at radius 3 is 1.93 bits per heavy atom. The van der Waals surface area contributed by atoms with Crippen molar-refractivity contribution in [2.24, 2.45) is 0 Å². The van der Waals surface area contributed by atoms with Gasteiger partial charge in [-0.05, 0) is 73.5 Å². The number of alkyl halides is 2. The van der Waals surface area contributed by atoms with Gasteiger partial charge in [-0.25, -0.2) is 22.8 Å². The van der Waals surface area contributed by atoms with E-state index < -0.39 is 53.1 Å². The van der Waals surface area contributed by atoms with Gasteiger partial charge in [-0.3, -0.25) is 4.98 Å². The molecule has 286 valence electrons. The van der Waals surface area contributed by atoms with Crippen LogP contribution in [0.3, 0.4) is 0 Å². The van der Waals surface area contributed by atoms with Gasteiger partial charge in [0, 0.05) is 60.9 Å². The van der Waals surface area contributed by atoms with Gasteiger partial charge in [0.05, 0.1) is 30.2 Å². The molecule has 3 aromatic carbocycles. The molecule has 0 saturated carbocycles. The summed E-state index contributed by atoms with van der Waals surface area (Å²) in [6, 6.07) is 19.5. The maximum Gasteiger partial charge on any atom is 0.350 e. The van der Waals surface area contributed by atoms with Crippen molar-refractivity contribution in [2.75, 3.05) is 36.0 Å². The van der Waals surface area contributed by atoms with E-state index in [1.807, 2.05) is 55.5 Å². The molecule has 3 atom stereocenters. The molecule has 55 heavy (non-hydrogen) atoms. The number of anilines is 2. The topological polar surface area (TPSA) is 130 Å². The van der Waals surface area contributed by atoms with E-state index in [4.69, 9.17) is 0 Å². The van der Waals surface area contributed by atoms with Gasteiger partial charge >= 0.3 is 11.6 Å². The van der Waals surface area contributed by atoms with Crippen LogP contribution in [-0.2, 0) is 18.1 Å². The van der Waals surface area contributed by atoms with E-state index in [9.17, 15) is 23.8 Å². The number of hydrogen-bond donors (Lipinski definition) is 2. The number of piperazine rings is 1. The monoisotopic (exact) mass is 757 g/mol. The third kappa shape index (κ3) is 7.22. The number of pyridine rings is 1. The van der Waals surface area contributed by atoms with Gasteiger partial charge in [-0.1, -0.05) is 25.1 Å². The van der Waals surface area contributed by atoms with Crippen molar-refractivity contribution in [1.82, 2.24) is 34.3 Å². The highest BCUT2D eigenvalue weighted by Gasteiger charge is 2.58. The summed E-state index contributed by atoms with van der Waals surface area (Å²) in [7, 11) is 0. The lowest BCUT2D eigenvalue weighted by molar-refractivity contribution is -0.209. The van der Waals surface area contributed by atoms with Gasteiger partial charge in [-0.2, -0.15) is 28.9 Å². The highest BCUT2D eigenvalue weighted by Crippen LogP contribution is 2.47. The van der Waals surface area contributed by atoms with Crippen molar-refractivity contribution in [1.29, 1.82) is 0 Å². The molecule has 6 aromatic rings. The molecule has 1 unspecified atom stereocenters. The highest BCUT2D eigenvalue weighted by atomic mass is 19.3. The summed E-state index contributed by atoms with van der Waals surface area (Å²) >= 11 is 0. The summed E-state index contributed by atoms with van der Waals surface area (Å²) < 4.78 is 63.7. The summed E-state index contributed by atoms with van der Waals surface area (Å²) in [5, 5.41) is 33.3. The van der Waals surface area contributed by atoms with Crippen LogP contribution in [0.1, 0.15) is 37.6 Å². The number of rotatable bonds is 12. The number of halogens is 4. The minimum absolute atomic E-state index is 0.306. The predicted molar refractivity (Wildman–Crippen MR) is 197 cm³/mol. The summed E-state index contributed by atoms with van der Waals surface area (Å²) in [6.07, 6.45) is 5.06. The number of aromatic nitrogens is 7. The molecular weight excluding hydrogens is 718 g/mol. The van der Waals surface area contributed by atoms with Crippen LogP contribution in [0.2, 0.25) is 0 Å². The minimum atomic E-state index is -4.15. The van der Waals surface area contributed by atoms with E-state index in [0.717, 1.165) is 66.1 Å². The van der Waals surface area contributed by atoms with Crippen molar-refractivity contribution < 1.29 is 27.8 Å². The third-order valence-electron chi connectivity index (χ3n) is 10.1. The largest absolute Gasteiger partial charge is 0.391 e. The van der Waals surface area contributed by atoms with E-state index in [1.165, 1.54) is 40.2 Å². The molecule has 4 heterocycles. The van der Waals surface area contributed by atoms with Gasteiger partial charge in [0.15, 0.2) is 5.60 Å². The molecule has 1 aliphatic rings. The Hall–Kier alpha value is -5.87. The second-order valence-corrected chi connectivity index (χ2v) is 13.5. The number of aliphatic hydroxyl groups excluding tert-OH is 1. The van der Waals surface area contributed by atoms with Crippen LogP contribution in [-0.4, -0.2) is 76.8 Å². The molecule has 1 fully saturated rings. The summed E-state index contributed by atoms with van der Waals surface area (Å²) in [4.78, 5) is 22.3. The molecule has 7 rings (SSSR count). The van der Waals surface area contributed by atoms with Crippen molar-refractivity contribution in [3.8, 4) is 16.8 Å². The average Bonchev–Trinajstić information content (AvgIpc) is 3.84. The van der Waals surface area contributed by atoms with Crippen molar-refractivity contribution >= 4 is 11.4 Å².